The van der Waals surface area contributed by atoms with Gasteiger partial charge in [-0.25, -0.2) is 4.98 Å². The number of anilines is 1. The highest BCUT2D eigenvalue weighted by molar-refractivity contribution is 5.67. The number of nitrogens with two attached hydrogens (primary N) is 1. The number of aryl methyl sites for hydroxylation is 1. The van der Waals surface area contributed by atoms with Gasteiger partial charge in [-0.1, -0.05) is 0 Å². The van der Waals surface area contributed by atoms with Crippen molar-refractivity contribution in [2.24, 2.45) is 7.05 Å². The zero-order valence-electron chi connectivity index (χ0n) is 9.22. The van der Waals surface area contributed by atoms with Gasteiger partial charge in [-0.3, -0.25) is 4.68 Å². The van der Waals surface area contributed by atoms with Gasteiger partial charge in [0.25, 0.3) is 0 Å². The predicted octanol–water partition coefficient (Wildman–Crippen LogP) is 1.94. The molecule has 1 saturated carbocycles. The highest BCUT2D eigenvalue weighted by Crippen LogP contribution is 2.44. The van der Waals surface area contributed by atoms with E-state index >= 15 is 0 Å². The molecule has 2 heterocycles. The first-order valence-electron chi connectivity index (χ1n) is 5.49. The molecule has 3 rings (SSSR count). The van der Waals surface area contributed by atoms with Gasteiger partial charge in [-0.15, -0.1) is 0 Å². The van der Waals surface area contributed by atoms with Crippen LogP contribution in [0.2, 0.25) is 0 Å². The van der Waals surface area contributed by atoms with Crippen LogP contribution in [-0.4, -0.2) is 14.8 Å². The molecule has 0 unspecified atom stereocenters. The van der Waals surface area contributed by atoms with Crippen LogP contribution in [0.4, 0.5) is 5.82 Å². The fourth-order valence-electron chi connectivity index (χ4n) is 1.98. The van der Waals surface area contributed by atoms with E-state index in [4.69, 9.17) is 5.73 Å². The van der Waals surface area contributed by atoms with Crippen LogP contribution in [-0.2, 0) is 7.05 Å². The van der Waals surface area contributed by atoms with Gasteiger partial charge in [0.2, 0.25) is 0 Å². The van der Waals surface area contributed by atoms with E-state index in [1.54, 1.807) is 0 Å². The Morgan fingerprint density at radius 2 is 2.25 bits per heavy atom. The summed E-state index contributed by atoms with van der Waals surface area (Å²) in [5, 5.41) is 4.43. The topological polar surface area (TPSA) is 56.7 Å². The number of hydrogen-bond acceptors (Lipinski definition) is 3. The van der Waals surface area contributed by atoms with Crippen LogP contribution in [0.5, 0.6) is 0 Å². The lowest BCUT2D eigenvalue weighted by Crippen LogP contribution is -1.96. The van der Waals surface area contributed by atoms with Gasteiger partial charge < -0.3 is 5.73 Å². The minimum absolute atomic E-state index is 0.560. The molecule has 2 N–H and O–H groups in total. The summed E-state index contributed by atoms with van der Waals surface area (Å²) in [7, 11) is 1.92. The van der Waals surface area contributed by atoms with Gasteiger partial charge in [0.1, 0.15) is 5.82 Å². The highest BCUT2D eigenvalue weighted by atomic mass is 15.2. The van der Waals surface area contributed by atoms with E-state index in [1.807, 2.05) is 36.3 Å². The molecule has 0 aliphatic heterocycles. The number of hydrogen-bond donors (Lipinski definition) is 1. The summed E-state index contributed by atoms with van der Waals surface area (Å²) in [6, 6.07) is 3.94. The summed E-state index contributed by atoms with van der Waals surface area (Å²) in [5.41, 5.74) is 9.15. The van der Waals surface area contributed by atoms with Crippen LogP contribution in [0.25, 0.3) is 11.3 Å². The molecule has 0 bridgehead atoms. The van der Waals surface area contributed by atoms with E-state index in [0.29, 0.717) is 11.7 Å². The normalized spacial score (nSPS) is 15.3. The second kappa shape index (κ2) is 3.33. The van der Waals surface area contributed by atoms with Gasteiger partial charge >= 0.3 is 0 Å². The summed E-state index contributed by atoms with van der Waals surface area (Å²) in [5.74, 6) is 1.22. The molecule has 4 nitrogen and oxygen atoms in total. The maximum absolute atomic E-state index is 5.75. The van der Waals surface area contributed by atoms with E-state index in [0.717, 1.165) is 11.3 Å². The first-order valence-corrected chi connectivity index (χ1v) is 5.49. The fraction of sp³-hybridized carbons (Fsp3) is 0.333. The van der Waals surface area contributed by atoms with Crippen molar-refractivity contribution >= 4 is 5.82 Å². The molecular formula is C12H14N4. The van der Waals surface area contributed by atoms with Crippen LogP contribution >= 0.6 is 0 Å². The lowest BCUT2D eigenvalue weighted by atomic mass is 10.0. The van der Waals surface area contributed by atoms with Crippen molar-refractivity contribution < 1.29 is 0 Å². The quantitative estimate of drug-likeness (QED) is 0.831. The van der Waals surface area contributed by atoms with Crippen molar-refractivity contribution in [1.82, 2.24) is 14.8 Å². The summed E-state index contributed by atoms with van der Waals surface area (Å²) in [4.78, 5) is 4.18. The maximum Gasteiger partial charge on any atom is 0.123 e. The molecule has 0 spiro atoms. The molecule has 1 aliphatic carbocycles. The van der Waals surface area contributed by atoms with Gasteiger partial charge in [-0.05, 0) is 36.5 Å². The largest absolute Gasteiger partial charge is 0.384 e. The Morgan fingerprint density at radius 3 is 2.88 bits per heavy atom. The molecule has 0 saturated heterocycles. The predicted molar refractivity (Wildman–Crippen MR) is 62.8 cm³/mol. The molecule has 1 fully saturated rings. The smallest absolute Gasteiger partial charge is 0.123 e. The van der Waals surface area contributed by atoms with Gasteiger partial charge in [0, 0.05) is 25.0 Å². The zero-order chi connectivity index (χ0) is 11.1. The highest BCUT2D eigenvalue weighted by Gasteiger charge is 2.27. The SMILES string of the molecule is Cn1ccc(-c2cc(N)ncc2C2CC2)n1. The minimum Gasteiger partial charge on any atom is -0.384 e. The first-order chi connectivity index (χ1) is 7.74. The van der Waals surface area contributed by atoms with Crippen LogP contribution in [0.15, 0.2) is 24.5 Å². The Labute approximate surface area is 94.1 Å². The molecule has 0 aromatic carbocycles. The average Bonchev–Trinajstić information content (AvgIpc) is 3.01. The van der Waals surface area contributed by atoms with Crippen LogP contribution in [0, 0.1) is 0 Å². The van der Waals surface area contributed by atoms with E-state index in [2.05, 4.69) is 10.1 Å². The molecule has 82 valence electrons. The van der Waals surface area contributed by atoms with E-state index in [1.165, 1.54) is 18.4 Å². The summed E-state index contributed by atoms with van der Waals surface area (Å²) in [6.45, 7) is 0. The number of pyridine rings is 1. The van der Waals surface area contributed by atoms with Gasteiger partial charge in [-0.2, -0.15) is 5.10 Å². The standard InChI is InChI=1S/C12H14N4/c1-16-5-4-11(15-16)9-6-12(13)14-7-10(9)8-2-3-8/h4-8H,2-3H2,1H3,(H2,13,14). The van der Waals surface area contributed by atoms with Crippen molar-refractivity contribution in [3.8, 4) is 11.3 Å². The molecule has 0 amide bonds. The van der Waals surface area contributed by atoms with Gasteiger partial charge in [0.15, 0.2) is 0 Å². The average molecular weight is 214 g/mol. The second-order valence-corrected chi connectivity index (χ2v) is 4.35. The number of nitrogen functional groups attached to an aromatic ring is 1. The lowest BCUT2D eigenvalue weighted by Gasteiger charge is -2.06. The second-order valence-electron chi connectivity index (χ2n) is 4.35. The van der Waals surface area contributed by atoms with Crippen molar-refractivity contribution in [3.63, 3.8) is 0 Å². The number of aromatic nitrogens is 3. The van der Waals surface area contributed by atoms with Crippen molar-refractivity contribution in [2.75, 3.05) is 5.73 Å². The van der Waals surface area contributed by atoms with E-state index in [9.17, 15) is 0 Å². The van der Waals surface area contributed by atoms with Crippen LogP contribution < -0.4 is 5.73 Å². The van der Waals surface area contributed by atoms with E-state index in [-0.39, 0.29) is 0 Å². The molecule has 0 radical (unpaired) electrons. The molecule has 1 aliphatic rings. The van der Waals surface area contributed by atoms with Crippen molar-refractivity contribution in [2.45, 2.75) is 18.8 Å². The summed E-state index contributed by atoms with van der Waals surface area (Å²) >= 11 is 0. The van der Waals surface area contributed by atoms with Gasteiger partial charge in [0.05, 0.1) is 5.69 Å². The third kappa shape index (κ3) is 1.56. The fourth-order valence-corrected chi connectivity index (χ4v) is 1.98. The molecule has 4 heteroatoms. The van der Waals surface area contributed by atoms with Crippen molar-refractivity contribution in [3.05, 3.63) is 30.1 Å². The zero-order valence-corrected chi connectivity index (χ0v) is 9.22. The van der Waals surface area contributed by atoms with Crippen molar-refractivity contribution in [1.29, 1.82) is 0 Å². The Morgan fingerprint density at radius 1 is 1.44 bits per heavy atom. The van der Waals surface area contributed by atoms with E-state index < -0.39 is 0 Å². The molecule has 2 aromatic rings. The lowest BCUT2D eigenvalue weighted by molar-refractivity contribution is 0.770. The third-order valence-electron chi connectivity index (χ3n) is 2.96. The molecule has 2 aromatic heterocycles. The first kappa shape index (κ1) is 9.39. The number of nitrogens with zero attached hydrogens (tertiary/aromatic N) is 3. The van der Waals surface area contributed by atoms with Crippen LogP contribution in [0.1, 0.15) is 24.3 Å². The minimum atomic E-state index is 0.560. The Balaban J connectivity index is 2.13. The monoisotopic (exact) mass is 214 g/mol. The Hall–Kier alpha value is -1.84. The summed E-state index contributed by atoms with van der Waals surface area (Å²) < 4.78 is 1.81. The molecule has 16 heavy (non-hydrogen) atoms. The summed E-state index contributed by atoms with van der Waals surface area (Å²) in [6.07, 6.45) is 6.36. The number of rotatable bonds is 2. The Bertz CT molecular complexity index is 526. The third-order valence-corrected chi connectivity index (χ3v) is 2.96. The maximum atomic E-state index is 5.75. The Kier molecular flexibility index (Phi) is 1.96. The van der Waals surface area contributed by atoms with Crippen LogP contribution in [0.3, 0.4) is 0 Å². The molecular weight excluding hydrogens is 200 g/mol. The molecule has 0 atom stereocenters.